The Hall–Kier alpha value is -1.93. The third kappa shape index (κ3) is 4.71. The monoisotopic (exact) mass is 477 g/mol. The first-order valence-electron chi connectivity index (χ1n) is 10.8. The first kappa shape index (κ1) is 24.7. The number of hydrogen-bond acceptors (Lipinski definition) is 4. The lowest BCUT2D eigenvalue weighted by molar-refractivity contribution is -0.128. The van der Waals surface area contributed by atoms with Crippen molar-refractivity contribution in [2.45, 2.75) is 55.0 Å². The molecule has 1 aliphatic carbocycles. The number of carbonyl (C=O) groups excluding carboxylic acids is 1. The molecule has 1 fully saturated rings. The van der Waals surface area contributed by atoms with Gasteiger partial charge in [-0.2, -0.15) is 4.31 Å². The van der Waals surface area contributed by atoms with Gasteiger partial charge in [-0.05, 0) is 88.0 Å². The van der Waals surface area contributed by atoms with E-state index in [0.717, 1.165) is 31.2 Å². The van der Waals surface area contributed by atoms with Crippen LogP contribution in [0, 0.1) is 0 Å². The van der Waals surface area contributed by atoms with Crippen molar-refractivity contribution >= 4 is 27.5 Å². The van der Waals surface area contributed by atoms with E-state index in [1.807, 2.05) is 38.1 Å². The number of sulfonamides is 1. The second-order valence-electron chi connectivity index (χ2n) is 8.93. The number of hydrogen-bond donors (Lipinski definition) is 1. The number of amides is 1. The summed E-state index contributed by atoms with van der Waals surface area (Å²) in [5, 5.41) is 0.514. The Bertz CT molecular complexity index is 1050. The molecule has 1 unspecified atom stereocenters. The molecule has 8 heteroatoms. The van der Waals surface area contributed by atoms with E-state index in [1.165, 1.54) is 9.87 Å². The van der Waals surface area contributed by atoms with Crippen molar-refractivity contribution in [1.82, 2.24) is 9.21 Å². The van der Waals surface area contributed by atoms with Crippen molar-refractivity contribution in [1.29, 1.82) is 0 Å². The number of carbonyl (C=O) groups is 1. The van der Waals surface area contributed by atoms with Gasteiger partial charge < -0.3 is 5.73 Å². The number of primary amides is 1. The molecule has 0 saturated heterocycles. The molecule has 0 radical (unpaired) electrons. The van der Waals surface area contributed by atoms with Crippen LogP contribution in [-0.2, 0) is 20.4 Å². The number of likely N-dealkylation sites (N-methyl/N-ethyl adjacent to an activating group) is 1. The van der Waals surface area contributed by atoms with Gasteiger partial charge >= 0.3 is 0 Å². The Morgan fingerprint density at radius 1 is 0.969 bits per heavy atom. The van der Waals surface area contributed by atoms with Crippen LogP contribution in [0.15, 0.2) is 53.4 Å². The van der Waals surface area contributed by atoms with Gasteiger partial charge in [-0.1, -0.05) is 35.9 Å². The van der Waals surface area contributed by atoms with Crippen molar-refractivity contribution in [3.63, 3.8) is 0 Å². The van der Waals surface area contributed by atoms with E-state index in [0.29, 0.717) is 10.9 Å². The topological polar surface area (TPSA) is 83.7 Å². The molecule has 0 spiro atoms. The van der Waals surface area contributed by atoms with Gasteiger partial charge in [0.25, 0.3) is 0 Å². The predicted molar refractivity (Wildman–Crippen MR) is 128 cm³/mol. The highest BCUT2D eigenvalue weighted by atomic mass is 35.5. The van der Waals surface area contributed by atoms with Gasteiger partial charge in [0.1, 0.15) is 5.54 Å². The van der Waals surface area contributed by atoms with Crippen LogP contribution in [0.25, 0.3) is 0 Å². The third-order valence-corrected chi connectivity index (χ3v) is 9.20. The molecule has 2 aromatic carbocycles. The minimum absolute atomic E-state index is 0.0295. The number of nitrogens with zero attached hydrogens (tertiary/aromatic N) is 2. The summed E-state index contributed by atoms with van der Waals surface area (Å²) >= 11 is 5.90. The van der Waals surface area contributed by atoms with Crippen molar-refractivity contribution in [3.8, 4) is 0 Å². The minimum Gasteiger partial charge on any atom is -0.368 e. The highest BCUT2D eigenvalue weighted by molar-refractivity contribution is 7.89. The van der Waals surface area contributed by atoms with Crippen molar-refractivity contribution < 1.29 is 13.2 Å². The Balaban J connectivity index is 1.68. The Kier molecular flexibility index (Phi) is 7.34. The Morgan fingerprint density at radius 3 is 1.97 bits per heavy atom. The fourth-order valence-electron chi connectivity index (χ4n) is 4.44. The van der Waals surface area contributed by atoms with Gasteiger partial charge in [0.15, 0.2) is 0 Å². The zero-order valence-corrected chi connectivity index (χ0v) is 20.7. The molecule has 2 aromatic rings. The Morgan fingerprint density at radius 2 is 1.50 bits per heavy atom. The van der Waals surface area contributed by atoms with Crippen LogP contribution >= 0.6 is 11.6 Å². The minimum atomic E-state index is -3.55. The lowest BCUT2D eigenvalue weighted by Gasteiger charge is -2.35. The second kappa shape index (κ2) is 9.51. The van der Waals surface area contributed by atoms with E-state index in [-0.39, 0.29) is 16.8 Å². The summed E-state index contributed by atoms with van der Waals surface area (Å²) in [7, 11) is 1.80. The molecule has 0 aromatic heterocycles. The summed E-state index contributed by atoms with van der Waals surface area (Å²) in [6.07, 6.45) is 3.41. The zero-order valence-electron chi connectivity index (χ0n) is 19.1. The van der Waals surface area contributed by atoms with Gasteiger partial charge in [0.2, 0.25) is 15.9 Å². The number of rotatable bonds is 7. The molecule has 2 N–H and O–H groups in total. The van der Waals surface area contributed by atoms with Crippen LogP contribution in [0.4, 0.5) is 0 Å². The highest BCUT2D eigenvalue weighted by Crippen LogP contribution is 2.37. The fraction of sp³-hybridized carbons (Fsp3) is 0.458. The SMILES string of the molecule is CN(C)C(C)(C(N)=O)c1ccc(C2CCC(N(C)S(=O)(=O)c3ccc(Cl)cc3)CC2)cc1. The molecule has 1 atom stereocenters. The maximum Gasteiger partial charge on any atom is 0.243 e. The van der Waals surface area contributed by atoms with Crippen LogP contribution in [-0.4, -0.2) is 50.7 Å². The standard InChI is InChI=1S/C24H32ClN3O3S/c1-24(23(26)29,27(2)3)19-9-5-17(6-10-19)18-7-13-21(14-8-18)28(4)32(30,31)22-15-11-20(25)12-16-22/h5-6,9-12,15-16,18,21H,7-8,13-14H2,1-4H3,(H2,26,29). The van der Waals surface area contributed by atoms with Crippen LogP contribution in [0.3, 0.4) is 0 Å². The van der Waals surface area contributed by atoms with Gasteiger partial charge in [0, 0.05) is 18.1 Å². The summed E-state index contributed by atoms with van der Waals surface area (Å²) in [5.41, 5.74) is 6.88. The van der Waals surface area contributed by atoms with Crippen molar-refractivity contribution in [2.24, 2.45) is 5.73 Å². The highest BCUT2D eigenvalue weighted by Gasteiger charge is 2.36. The first-order chi connectivity index (χ1) is 15.0. The smallest absolute Gasteiger partial charge is 0.243 e. The van der Waals surface area contributed by atoms with Crippen LogP contribution in [0.5, 0.6) is 0 Å². The van der Waals surface area contributed by atoms with Gasteiger partial charge in [-0.25, -0.2) is 8.42 Å². The molecule has 3 rings (SSSR count). The average Bonchev–Trinajstić information content (AvgIpc) is 2.78. The van der Waals surface area contributed by atoms with Gasteiger partial charge in [0.05, 0.1) is 4.90 Å². The summed E-state index contributed by atoms with van der Waals surface area (Å²) < 4.78 is 27.5. The first-order valence-corrected chi connectivity index (χ1v) is 12.6. The molecule has 0 heterocycles. The van der Waals surface area contributed by atoms with Gasteiger partial charge in [-0.15, -0.1) is 0 Å². The van der Waals surface area contributed by atoms with Crippen molar-refractivity contribution in [3.05, 3.63) is 64.7 Å². The molecule has 32 heavy (non-hydrogen) atoms. The number of halogens is 1. The zero-order chi connectivity index (χ0) is 23.7. The maximum absolute atomic E-state index is 13.0. The lowest BCUT2D eigenvalue weighted by Crippen LogP contribution is -2.49. The van der Waals surface area contributed by atoms with Crippen molar-refractivity contribution in [2.75, 3.05) is 21.1 Å². The molecule has 174 valence electrons. The van der Waals surface area contributed by atoms with E-state index >= 15 is 0 Å². The van der Waals surface area contributed by atoms with E-state index < -0.39 is 15.6 Å². The lowest BCUT2D eigenvalue weighted by atomic mass is 9.80. The predicted octanol–water partition coefficient (Wildman–Crippen LogP) is 3.95. The largest absolute Gasteiger partial charge is 0.368 e. The molecule has 1 saturated carbocycles. The summed E-state index contributed by atoms with van der Waals surface area (Å²) in [5.74, 6) is -0.0215. The van der Waals surface area contributed by atoms with E-state index in [1.54, 1.807) is 31.3 Å². The Labute approximate surface area is 196 Å². The average molecular weight is 478 g/mol. The normalized spacial score (nSPS) is 21.5. The third-order valence-electron chi connectivity index (χ3n) is 7.02. The summed E-state index contributed by atoms with van der Waals surface area (Å²) in [6, 6.07) is 14.4. The van der Waals surface area contributed by atoms with E-state index in [2.05, 4.69) is 12.1 Å². The van der Waals surface area contributed by atoms with E-state index in [9.17, 15) is 13.2 Å². The quantitative estimate of drug-likeness (QED) is 0.654. The van der Waals surface area contributed by atoms with Gasteiger partial charge in [-0.3, -0.25) is 9.69 Å². The molecular weight excluding hydrogens is 446 g/mol. The summed E-state index contributed by atoms with van der Waals surface area (Å²) in [6.45, 7) is 1.83. The fourth-order valence-corrected chi connectivity index (χ4v) is 5.98. The van der Waals surface area contributed by atoms with E-state index in [4.69, 9.17) is 17.3 Å². The van der Waals surface area contributed by atoms with Crippen LogP contribution < -0.4 is 5.73 Å². The number of nitrogens with two attached hydrogens (primary N) is 1. The van der Waals surface area contributed by atoms with Crippen LogP contribution in [0.2, 0.25) is 5.02 Å². The summed E-state index contributed by atoms with van der Waals surface area (Å²) in [4.78, 5) is 14.2. The molecule has 1 aliphatic rings. The molecular formula is C24H32ClN3O3S. The maximum atomic E-state index is 13.0. The molecule has 6 nitrogen and oxygen atoms in total. The number of benzene rings is 2. The molecule has 0 bridgehead atoms. The molecule has 1 amide bonds. The second-order valence-corrected chi connectivity index (χ2v) is 11.4. The van der Waals surface area contributed by atoms with Crippen LogP contribution in [0.1, 0.15) is 49.7 Å². The molecule has 0 aliphatic heterocycles.